The van der Waals surface area contributed by atoms with Crippen LogP contribution in [0.1, 0.15) is 44.7 Å². The van der Waals surface area contributed by atoms with Crippen LogP contribution in [0.5, 0.6) is 0 Å². The molecule has 1 aromatic heterocycles. The van der Waals surface area contributed by atoms with E-state index in [2.05, 4.69) is 31.9 Å². The maximum absolute atomic E-state index is 13.3. The van der Waals surface area contributed by atoms with Crippen LogP contribution >= 0.6 is 31.9 Å². The monoisotopic (exact) mass is 702 g/mol. The topological polar surface area (TPSA) is 93.6 Å². The Kier molecular flexibility index (Phi) is 8.04. The SMILES string of the molecule is Cc1ccc(C(=O)COC(=O)c2cc(-c3ccc(N4C(=O)C5CC(Br)C(Br)CC5C4=O)cc3)nc3ccc(C)cc23)cc1. The number of pyridine rings is 1. The largest absolute Gasteiger partial charge is 0.454 e. The number of hydrogen-bond acceptors (Lipinski definition) is 6. The fourth-order valence-corrected chi connectivity index (χ4v) is 7.06. The average Bonchev–Trinajstić information content (AvgIpc) is 3.24. The highest BCUT2D eigenvalue weighted by Crippen LogP contribution is 2.44. The summed E-state index contributed by atoms with van der Waals surface area (Å²) in [6, 6.07) is 21.4. The normalized spacial score (nSPS) is 21.6. The number of aryl methyl sites for hydroxylation is 2. The zero-order chi connectivity index (χ0) is 30.4. The molecule has 1 aliphatic carbocycles. The molecule has 7 nitrogen and oxygen atoms in total. The van der Waals surface area contributed by atoms with Crippen molar-refractivity contribution in [1.29, 1.82) is 0 Å². The van der Waals surface area contributed by atoms with Crippen molar-refractivity contribution in [3.8, 4) is 11.3 Å². The van der Waals surface area contributed by atoms with E-state index in [9.17, 15) is 19.2 Å². The lowest BCUT2D eigenvalue weighted by atomic mass is 9.81. The molecule has 0 bridgehead atoms. The van der Waals surface area contributed by atoms with E-state index in [0.717, 1.165) is 11.1 Å². The maximum Gasteiger partial charge on any atom is 0.339 e. The van der Waals surface area contributed by atoms with Crippen LogP contribution in [-0.2, 0) is 14.3 Å². The number of ketones is 1. The molecule has 6 rings (SSSR count). The summed E-state index contributed by atoms with van der Waals surface area (Å²) in [5.74, 6) is -1.91. The summed E-state index contributed by atoms with van der Waals surface area (Å²) in [5.41, 5.74) is 5.10. The number of amides is 2. The molecular formula is C34H28Br2N2O5. The molecule has 218 valence electrons. The van der Waals surface area contributed by atoms with Gasteiger partial charge in [0.15, 0.2) is 12.4 Å². The van der Waals surface area contributed by atoms with Crippen molar-refractivity contribution in [2.24, 2.45) is 11.8 Å². The van der Waals surface area contributed by atoms with Crippen molar-refractivity contribution in [3.63, 3.8) is 0 Å². The second kappa shape index (κ2) is 11.8. The third-order valence-electron chi connectivity index (χ3n) is 8.22. The van der Waals surface area contributed by atoms with Gasteiger partial charge in [-0.2, -0.15) is 0 Å². The van der Waals surface area contributed by atoms with E-state index < -0.39 is 5.97 Å². The smallest absolute Gasteiger partial charge is 0.339 e. The van der Waals surface area contributed by atoms with Gasteiger partial charge in [-0.1, -0.05) is 85.5 Å². The van der Waals surface area contributed by atoms with E-state index in [1.807, 2.05) is 44.2 Å². The molecule has 4 aromatic rings. The first-order valence-corrected chi connectivity index (χ1v) is 15.9. The van der Waals surface area contributed by atoms with Crippen LogP contribution in [0.3, 0.4) is 0 Å². The highest BCUT2D eigenvalue weighted by Gasteiger charge is 2.52. The van der Waals surface area contributed by atoms with Gasteiger partial charge in [0.25, 0.3) is 0 Å². The van der Waals surface area contributed by atoms with Crippen molar-refractivity contribution in [3.05, 3.63) is 95.1 Å². The molecule has 9 heteroatoms. The molecule has 2 heterocycles. The Morgan fingerprint density at radius 2 is 1.44 bits per heavy atom. The van der Waals surface area contributed by atoms with Crippen molar-refractivity contribution >= 4 is 72.0 Å². The molecule has 0 spiro atoms. The number of imide groups is 1. The first-order valence-electron chi connectivity index (χ1n) is 14.1. The number of alkyl halides is 2. The summed E-state index contributed by atoms with van der Waals surface area (Å²) in [6.45, 7) is 3.48. The Morgan fingerprint density at radius 3 is 2.07 bits per heavy atom. The fourth-order valence-electron chi connectivity index (χ4n) is 5.82. The molecule has 4 atom stereocenters. The van der Waals surface area contributed by atoms with Gasteiger partial charge in [-0.3, -0.25) is 19.3 Å². The van der Waals surface area contributed by atoms with Crippen LogP contribution in [0, 0.1) is 25.7 Å². The highest BCUT2D eigenvalue weighted by atomic mass is 79.9. The summed E-state index contributed by atoms with van der Waals surface area (Å²) < 4.78 is 5.48. The standard InChI is InChI=1S/C34H28Br2N2O5/c1-18-3-6-21(7-4-18)31(39)17-43-34(42)26-16-30(37-29-12-5-19(2)13-23(26)29)20-8-10-22(11-9-20)38-32(40)24-14-27(35)28(36)15-25(24)33(38)41/h3-13,16,24-25,27-28H,14-15,17H2,1-2H3. The quantitative estimate of drug-likeness (QED) is 0.0931. The first-order chi connectivity index (χ1) is 20.6. The van der Waals surface area contributed by atoms with Crippen molar-refractivity contribution < 1.29 is 23.9 Å². The second-order valence-electron chi connectivity index (χ2n) is 11.2. The van der Waals surface area contributed by atoms with E-state index in [1.165, 1.54) is 4.90 Å². The molecule has 3 aromatic carbocycles. The number of aromatic nitrogens is 1. The first kappa shape index (κ1) is 29.4. The van der Waals surface area contributed by atoms with Gasteiger partial charge in [-0.15, -0.1) is 0 Å². The van der Waals surface area contributed by atoms with Crippen LogP contribution in [0.15, 0.2) is 72.8 Å². The number of halogens is 2. The Hall–Kier alpha value is -3.69. The molecule has 2 fully saturated rings. The number of Topliss-reactive ketones (excluding diaryl/α,β-unsaturated/α-hetero) is 1. The summed E-state index contributed by atoms with van der Waals surface area (Å²) >= 11 is 7.26. The predicted molar refractivity (Wildman–Crippen MR) is 172 cm³/mol. The number of esters is 1. The van der Waals surface area contributed by atoms with Crippen molar-refractivity contribution in [2.45, 2.75) is 36.3 Å². The predicted octanol–water partition coefficient (Wildman–Crippen LogP) is 6.98. The number of nitrogens with zero attached hydrogens (tertiary/aromatic N) is 2. The number of anilines is 1. The number of fused-ring (bicyclic) bond motifs is 2. The number of benzene rings is 3. The van der Waals surface area contributed by atoms with Gasteiger partial charge >= 0.3 is 5.97 Å². The molecular weight excluding hydrogens is 676 g/mol. The Labute approximate surface area is 265 Å². The molecule has 2 aliphatic rings. The van der Waals surface area contributed by atoms with Gasteiger partial charge in [-0.05, 0) is 57.0 Å². The van der Waals surface area contributed by atoms with Crippen LogP contribution in [0.4, 0.5) is 5.69 Å². The molecule has 43 heavy (non-hydrogen) atoms. The number of rotatable bonds is 6. The minimum Gasteiger partial charge on any atom is -0.454 e. The van der Waals surface area contributed by atoms with Crippen LogP contribution in [0.25, 0.3) is 22.2 Å². The van der Waals surface area contributed by atoms with E-state index in [1.54, 1.807) is 42.5 Å². The zero-order valence-electron chi connectivity index (χ0n) is 23.6. The minimum atomic E-state index is -0.623. The van der Waals surface area contributed by atoms with Gasteiger partial charge in [0.2, 0.25) is 11.8 Å². The van der Waals surface area contributed by atoms with Gasteiger partial charge in [0.1, 0.15) is 0 Å². The van der Waals surface area contributed by atoms with Crippen LogP contribution in [-0.4, -0.2) is 44.8 Å². The van der Waals surface area contributed by atoms with Crippen LogP contribution < -0.4 is 4.90 Å². The molecule has 1 saturated carbocycles. The van der Waals surface area contributed by atoms with Gasteiger partial charge in [0, 0.05) is 26.2 Å². The van der Waals surface area contributed by atoms with Gasteiger partial charge < -0.3 is 4.74 Å². The third kappa shape index (κ3) is 5.68. The van der Waals surface area contributed by atoms with E-state index >= 15 is 0 Å². The van der Waals surface area contributed by atoms with Gasteiger partial charge in [-0.25, -0.2) is 9.78 Å². The number of hydrogen-bond donors (Lipinski definition) is 0. The zero-order valence-corrected chi connectivity index (χ0v) is 26.7. The lowest BCUT2D eigenvalue weighted by Gasteiger charge is -2.29. The molecule has 1 aliphatic heterocycles. The summed E-state index contributed by atoms with van der Waals surface area (Å²) in [6.07, 6.45) is 1.21. The molecule has 0 radical (unpaired) electrons. The van der Waals surface area contributed by atoms with E-state index in [4.69, 9.17) is 9.72 Å². The Morgan fingerprint density at radius 1 is 0.837 bits per heavy atom. The number of carbonyl (C=O) groups is 4. The molecule has 1 saturated heterocycles. The Bertz CT molecular complexity index is 1740. The maximum atomic E-state index is 13.3. The van der Waals surface area contributed by atoms with Crippen molar-refractivity contribution in [1.82, 2.24) is 4.98 Å². The lowest BCUT2D eigenvalue weighted by molar-refractivity contribution is -0.122. The summed E-state index contributed by atoms with van der Waals surface area (Å²) in [7, 11) is 0. The highest BCUT2D eigenvalue weighted by molar-refractivity contribution is 9.12. The molecule has 0 N–H and O–H groups in total. The number of ether oxygens (including phenoxy) is 1. The molecule has 4 unspecified atom stereocenters. The third-order valence-corrected chi connectivity index (χ3v) is 11.0. The number of carbonyl (C=O) groups excluding carboxylic acids is 4. The average molecular weight is 704 g/mol. The summed E-state index contributed by atoms with van der Waals surface area (Å²) in [5, 5.41) is 0.624. The lowest BCUT2D eigenvalue weighted by Crippen LogP contribution is -2.34. The van der Waals surface area contributed by atoms with E-state index in [-0.39, 0.29) is 45.7 Å². The van der Waals surface area contributed by atoms with Crippen molar-refractivity contribution in [2.75, 3.05) is 11.5 Å². The fraction of sp³-hybridized carbons (Fsp3) is 0.265. The Balaban J connectivity index is 1.27. The van der Waals surface area contributed by atoms with Crippen LogP contribution in [0.2, 0.25) is 0 Å². The van der Waals surface area contributed by atoms with E-state index in [0.29, 0.717) is 51.8 Å². The minimum absolute atomic E-state index is 0.136. The second-order valence-corrected chi connectivity index (χ2v) is 13.6. The van der Waals surface area contributed by atoms with Gasteiger partial charge in [0.05, 0.1) is 34.3 Å². The summed E-state index contributed by atoms with van der Waals surface area (Å²) in [4.78, 5) is 58.8. The molecule has 2 amide bonds.